The van der Waals surface area contributed by atoms with Gasteiger partial charge in [-0.3, -0.25) is 4.79 Å². The van der Waals surface area contributed by atoms with E-state index in [1.165, 1.54) is 0 Å². The number of amides is 1. The number of carbonyl (C=O) groups is 1. The fourth-order valence-corrected chi connectivity index (χ4v) is 2.59. The minimum atomic E-state index is -0.911. The molecular weight excluding hydrogens is 290 g/mol. The van der Waals surface area contributed by atoms with Crippen LogP contribution in [0.25, 0.3) is 0 Å². The Hall–Kier alpha value is -1.40. The van der Waals surface area contributed by atoms with Gasteiger partial charge < -0.3 is 19.9 Å². The van der Waals surface area contributed by atoms with Crippen molar-refractivity contribution in [1.82, 2.24) is 5.32 Å². The number of carbonyl (C=O) groups excluding carboxylic acids is 1. The average molecular weight is 311 g/mol. The molecule has 0 fully saturated rings. The maximum Gasteiger partial charge on any atom is 0.264 e. The minimum Gasteiger partial charge on any atom is -0.485 e. The largest absolute Gasteiger partial charge is 0.485 e. The Balaban J connectivity index is 1.85. The number of ether oxygens (including phenoxy) is 2. The zero-order chi connectivity index (χ0) is 15.3. The van der Waals surface area contributed by atoms with Gasteiger partial charge in [-0.25, -0.2) is 0 Å². The summed E-state index contributed by atoms with van der Waals surface area (Å²) in [5.41, 5.74) is -0.911. The van der Waals surface area contributed by atoms with Gasteiger partial charge in [-0.05, 0) is 37.5 Å². The lowest BCUT2D eigenvalue weighted by Crippen LogP contribution is -2.48. The highest BCUT2D eigenvalue weighted by Crippen LogP contribution is 2.30. The summed E-state index contributed by atoms with van der Waals surface area (Å²) in [7, 11) is 0. The number of hydrogen-bond donors (Lipinski definition) is 2. The number of para-hydroxylation sites is 2. The smallest absolute Gasteiger partial charge is 0.264 e. The van der Waals surface area contributed by atoms with Gasteiger partial charge in [0.15, 0.2) is 11.5 Å². The highest BCUT2D eigenvalue weighted by atomic mass is 32.2. The van der Waals surface area contributed by atoms with E-state index < -0.39 is 11.7 Å². The predicted molar refractivity (Wildman–Crippen MR) is 83.0 cm³/mol. The maximum atomic E-state index is 12.1. The van der Waals surface area contributed by atoms with Gasteiger partial charge in [0, 0.05) is 6.54 Å². The normalized spacial score (nSPS) is 19.7. The zero-order valence-corrected chi connectivity index (χ0v) is 13.1. The minimum absolute atomic E-state index is 0.176. The first kappa shape index (κ1) is 16.0. The van der Waals surface area contributed by atoms with Gasteiger partial charge in [-0.2, -0.15) is 11.8 Å². The van der Waals surface area contributed by atoms with E-state index >= 15 is 0 Å². The van der Waals surface area contributed by atoms with Crippen molar-refractivity contribution in [2.75, 3.05) is 25.2 Å². The molecule has 0 radical (unpaired) electrons. The lowest BCUT2D eigenvalue weighted by atomic mass is 10.0. The summed E-state index contributed by atoms with van der Waals surface area (Å²) in [5.74, 6) is 1.79. The Labute approximate surface area is 129 Å². The molecule has 2 N–H and O–H groups in total. The summed E-state index contributed by atoms with van der Waals surface area (Å²) in [6, 6.07) is 7.25. The summed E-state index contributed by atoms with van der Waals surface area (Å²) in [4.78, 5) is 12.1. The quantitative estimate of drug-likeness (QED) is 0.832. The molecule has 0 aromatic heterocycles. The molecule has 0 aliphatic carbocycles. The van der Waals surface area contributed by atoms with E-state index in [4.69, 9.17) is 9.47 Å². The van der Waals surface area contributed by atoms with Gasteiger partial charge in [0.2, 0.25) is 6.10 Å². The van der Waals surface area contributed by atoms with Crippen LogP contribution in [0.4, 0.5) is 0 Å². The number of benzene rings is 1. The molecule has 1 aliphatic rings. The Morgan fingerprint density at radius 2 is 2.19 bits per heavy atom. The van der Waals surface area contributed by atoms with Gasteiger partial charge in [-0.15, -0.1) is 0 Å². The van der Waals surface area contributed by atoms with Crippen LogP contribution >= 0.6 is 11.8 Å². The van der Waals surface area contributed by atoms with Crippen LogP contribution in [0, 0.1) is 0 Å². The molecule has 1 amide bonds. The lowest BCUT2D eigenvalue weighted by molar-refractivity contribution is -0.131. The summed E-state index contributed by atoms with van der Waals surface area (Å²) in [6.45, 7) is 2.10. The molecule has 1 aromatic rings. The zero-order valence-electron chi connectivity index (χ0n) is 12.3. The fourth-order valence-electron chi connectivity index (χ4n) is 1.95. The van der Waals surface area contributed by atoms with E-state index in [-0.39, 0.29) is 19.1 Å². The number of thioether (sulfide) groups is 1. The second kappa shape index (κ2) is 7.04. The molecule has 1 aromatic carbocycles. The first-order valence-electron chi connectivity index (χ1n) is 6.89. The highest BCUT2D eigenvalue weighted by molar-refractivity contribution is 7.98. The van der Waals surface area contributed by atoms with Gasteiger partial charge in [0.1, 0.15) is 6.61 Å². The van der Waals surface area contributed by atoms with Crippen molar-refractivity contribution >= 4 is 17.7 Å². The molecule has 6 heteroatoms. The fraction of sp³-hybridized carbons (Fsp3) is 0.533. The predicted octanol–water partition coefficient (Wildman–Crippen LogP) is 1.45. The lowest BCUT2D eigenvalue weighted by Gasteiger charge is -2.28. The summed E-state index contributed by atoms with van der Waals surface area (Å²) < 4.78 is 11.1. The molecule has 1 heterocycles. The number of nitrogens with one attached hydrogen (secondary N) is 1. The van der Waals surface area contributed by atoms with Crippen LogP contribution in [0.1, 0.15) is 13.3 Å². The van der Waals surface area contributed by atoms with E-state index in [1.807, 2.05) is 18.4 Å². The van der Waals surface area contributed by atoms with Crippen molar-refractivity contribution in [3.05, 3.63) is 24.3 Å². The van der Waals surface area contributed by atoms with Gasteiger partial charge in [-0.1, -0.05) is 12.1 Å². The maximum absolute atomic E-state index is 12.1. The molecule has 2 rings (SSSR count). The van der Waals surface area contributed by atoms with Crippen LogP contribution < -0.4 is 14.8 Å². The first-order chi connectivity index (χ1) is 10.0. The topological polar surface area (TPSA) is 67.8 Å². The van der Waals surface area contributed by atoms with Crippen molar-refractivity contribution in [2.24, 2.45) is 0 Å². The van der Waals surface area contributed by atoms with Crippen LogP contribution in [0.2, 0.25) is 0 Å². The Kier molecular flexibility index (Phi) is 5.36. The SMILES string of the molecule is CSCC[C@@](C)(O)CNC(=O)[C@@H]1COc2ccccc2O1. The number of rotatable bonds is 6. The summed E-state index contributed by atoms with van der Waals surface area (Å²) in [6.07, 6.45) is 1.93. The van der Waals surface area contributed by atoms with E-state index in [2.05, 4.69) is 5.32 Å². The number of aliphatic hydroxyl groups is 1. The van der Waals surface area contributed by atoms with Crippen LogP contribution in [-0.4, -0.2) is 47.9 Å². The third-order valence-electron chi connectivity index (χ3n) is 3.29. The van der Waals surface area contributed by atoms with Gasteiger partial charge in [0.25, 0.3) is 5.91 Å². The molecule has 0 unspecified atom stereocenters. The second-order valence-corrected chi connectivity index (χ2v) is 6.31. The molecule has 2 atom stereocenters. The van der Waals surface area contributed by atoms with E-state index in [0.29, 0.717) is 17.9 Å². The average Bonchev–Trinajstić information content (AvgIpc) is 2.50. The summed E-state index contributed by atoms with van der Waals surface area (Å²) >= 11 is 1.67. The Morgan fingerprint density at radius 1 is 1.48 bits per heavy atom. The van der Waals surface area contributed by atoms with Crippen molar-refractivity contribution in [2.45, 2.75) is 25.0 Å². The molecule has 0 bridgehead atoms. The molecule has 0 saturated carbocycles. The van der Waals surface area contributed by atoms with Gasteiger partial charge in [0.05, 0.1) is 5.60 Å². The highest BCUT2D eigenvalue weighted by Gasteiger charge is 2.29. The molecule has 0 saturated heterocycles. The number of fused-ring (bicyclic) bond motifs is 1. The molecule has 21 heavy (non-hydrogen) atoms. The van der Waals surface area contributed by atoms with Crippen LogP contribution in [0.5, 0.6) is 11.5 Å². The van der Waals surface area contributed by atoms with Crippen molar-refractivity contribution in [1.29, 1.82) is 0 Å². The summed E-state index contributed by atoms with van der Waals surface area (Å²) in [5, 5.41) is 12.9. The standard InChI is InChI=1S/C15H21NO4S/c1-15(18,7-8-21-2)10-16-14(17)13-9-19-11-5-3-4-6-12(11)20-13/h3-6,13,18H,7-10H2,1-2H3,(H,16,17)/t13-,15+/m0/s1. The van der Waals surface area contributed by atoms with Crippen molar-refractivity contribution < 1.29 is 19.4 Å². The van der Waals surface area contributed by atoms with E-state index in [0.717, 1.165) is 5.75 Å². The molecule has 1 aliphatic heterocycles. The van der Waals surface area contributed by atoms with Crippen molar-refractivity contribution in [3.8, 4) is 11.5 Å². The van der Waals surface area contributed by atoms with Crippen LogP contribution in [0.15, 0.2) is 24.3 Å². The Morgan fingerprint density at radius 3 is 2.90 bits per heavy atom. The molecule has 5 nitrogen and oxygen atoms in total. The number of hydrogen-bond acceptors (Lipinski definition) is 5. The third-order valence-corrected chi connectivity index (χ3v) is 3.90. The monoisotopic (exact) mass is 311 g/mol. The van der Waals surface area contributed by atoms with Crippen LogP contribution in [-0.2, 0) is 4.79 Å². The molecule has 116 valence electrons. The van der Waals surface area contributed by atoms with Crippen LogP contribution in [0.3, 0.4) is 0 Å². The van der Waals surface area contributed by atoms with Gasteiger partial charge >= 0.3 is 0 Å². The second-order valence-electron chi connectivity index (χ2n) is 5.32. The molecule has 0 spiro atoms. The third kappa shape index (κ3) is 4.54. The van der Waals surface area contributed by atoms with E-state index in [9.17, 15) is 9.90 Å². The Bertz CT molecular complexity index is 492. The van der Waals surface area contributed by atoms with Crippen molar-refractivity contribution in [3.63, 3.8) is 0 Å². The van der Waals surface area contributed by atoms with E-state index in [1.54, 1.807) is 30.8 Å². The molecular formula is C15H21NO4S. The first-order valence-corrected chi connectivity index (χ1v) is 8.29.